The van der Waals surface area contributed by atoms with Crippen LogP contribution in [0, 0.1) is 23.7 Å². The average molecular weight is 151 g/mol. The van der Waals surface area contributed by atoms with Crippen LogP contribution < -0.4 is 0 Å². The van der Waals surface area contributed by atoms with E-state index < -0.39 is 0 Å². The first-order valence-electron chi connectivity index (χ1n) is 4.77. The average Bonchev–Trinajstić information content (AvgIpc) is 2.36. The van der Waals surface area contributed by atoms with Crippen LogP contribution in [-0.2, 0) is 0 Å². The fourth-order valence-electron chi connectivity index (χ4n) is 2.46. The highest BCUT2D eigenvalue weighted by Crippen LogP contribution is 2.38. The quantitative estimate of drug-likeness (QED) is 0.504. The molecule has 1 fully saturated rings. The molecule has 11 heavy (non-hydrogen) atoms. The Hall–Kier alpha value is -0.330. The van der Waals surface area contributed by atoms with E-state index in [-0.39, 0.29) is 0 Å². The second-order valence-electron chi connectivity index (χ2n) is 4.36. The van der Waals surface area contributed by atoms with Crippen molar-refractivity contribution in [2.24, 2.45) is 28.7 Å². The zero-order valence-corrected chi connectivity index (χ0v) is 7.46. The lowest BCUT2D eigenvalue weighted by molar-refractivity contribution is 0.189. The molecule has 2 rings (SSSR count). The van der Waals surface area contributed by atoms with Gasteiger partial charge in [-0.25, -0.2) is 0 Å². The number of hydrogen-bond acceptors (Lipinski definition) is 1. The van der Waals surface area contributed by atoms with Gasteiger partial charge in [0.2, 0.25) is 0 Å². The molecule has 1 aliphatic heterocycles. The summed E-state index contributed by atoms with van der Waals surface area (Å²) in [6, 6.07) is 0. The highest BCUT2D eigenvalue weighted by Gasteiger charge is 2.33. The minimum absolute atomic E-state index is 0.834. The van der Waals surface area contributed by atoms with Gasteiger partial charge in [-0.3, -0.25) is 4.99 Å². The predicted octanol–water partition coefficient (Wildman–Crippen LogP) is 2.37. The Labute approximate surface area is 68.9 Å². The number of rotatable bonds is 0. The first kappa shape index (κ1) is 7.33. The summed E-state index contributed by atoms with van der Waals surface area (Å²) < 4.78 is 0. The Morgan fingerprint density at radius 1 is 1.18 bits per heavy atom. The van der Waals surface area contributed by atoms with Crippen molar-refractivity contribution >= 4 is 6.21 Å². The van der Waals surface area contributed by atoms with Gasteiger partial charge >= 0.3 is 0 Å². The minimum atomic E-state index is 0.834. The third kappa shape index (κ3) is 1.21. The Balaban J connectivity index is 2.04. The van der Waals surface area contributed by atoms with E-state index in [1.807, 2.05) is 0 Å². The van der Waals surface area contributed by atoms with Crippen molar-refractivity contribution in [2.75, 3.05) is 6.54 Å². The van der Waals surface area contributed by atoms with Gasteiger partial charge in [0.15, 0.2) is 0 Å². The zero-order valence-electron chi connectivity index (χ0n) is 7.46. The zero-order chi connectivity index (χ0) is 7.84. The first-order chi connectivity index (χ1) is 5.27. The molecule has 0 saturated heterocycles. The molecule has 0 aromatic rings. The fourth-order valence-corrected chi connectivity index (χ4v) is 2.46. The van der Waals surface area contributed by atoms with Gasteiger partial charge in [-0.15, -0.1) is 0 Å². The molecular weight excluding hydrogens is 134 g/mol. The van der Waals surface area contributed by atoms with Crippen LogP contribution >= 0.6 is 0 Å². The van der Waals surface area contributed by atoms with Gasteiger partial charge in [0.1, 0.15) is 0 Å². The van der Waals surface area contributed by atoms with Crippen LogP contribution in [-0.4, -0.2) is 12.8 Å². The lowest BCUT2D eigenvalue weighted by atomic mass is 9.71. The summed E-state index contributed by atoms with van der Waals surface area (Å²) in [7, 11) is 0. The maximum atomic E-state index is 4.37. The van der Waals surface area contributed by atoms with Crippen LogP contribution in [0.2, 0.25) is 0 Å². The Kier molecular flexibility index (Phi) is 1.74. The second kappa shape index (κ2) is 2.62. The van der Waals surface area contributed by atoms with Crippen molar-refractivity contribution in [3.63, 3.8) is 0 Å². The Bertz CT molecular complexity index is 174. The van der Waals surface area contributed by atoms with Crippen LogP contribution in [0.15, 0.2) is 4.99 Å². The molecule has 0 radical (unpaired) electrons. The summed E-state index contributed by atoms with van der Waals surface area (Å²) in [5, 5.41) is 0. The SMILES string of the molecule is CC1CC2C=NCC2CC1C. The van der Waals surface area contributed by atoms with E-state index in [9.17, 15) is 0 Å². The van der Waals surface area contributed by atoms with Gasteiger partial charge in [-0.05, 0) is 36.5 Å². The molecule has 0 aromatic heterocycles. The van der Waals surface area contributed by atoms with E-state index in [0.29, 0.717) is 0 Å². The highest BCUT2D eigenvalue weighted by molar-refractivity contribution is 5.63. The fraction of sp³-hybridized carbons (Fsp3) is 0.900. The topological polar surface area (TPSA) is 12.4 Å². The summed E-state index contributed by atoms with van der Waals surface area (Å²) in [4.78, 5) is 4.37. The molecule has 1 saturated carbocycles. The summed E-state index contributed by atoms with van der Waals surface area (Å²) >= 11 is 0. The van der Waals surface area contributed by atoms with Gasteiger partial charge in [-0.2, -0.15) is 0 Å². The molecule has 2 aliphatic rings. The van der Waals surface area contributed by atoms with Crippen molar-refractivity contribution in [3.05, 3.63) is 0 Å². The molecule has 4 atom stereocenters. The molecule has 4 unspecified atom stereocenters. The van der Waals surface area contributed by atoms with Crippen LogP contribution in [0.3, 0.4) is 0 Å². The van der Waals surface area contributed by atoms with E-state index in [4.69, 9.17) is 0 Å². The number of fused-ring (bicyclic) bond motifs is 1. The summed E-state index contributed by atoms with van der Waals surface area (Å²) in [6.07, 6.45) is 4.99. The largest absolute Gasteiger partial charge is 0.297 e. The van der Waals surface area contributed by atoms with Gasteiger partial charge in [0.25, 0.3) is 0 Å². The number of aliphatic imine (C=N–C) groups is 1. The van der Waals surface area contributed by atoms with Crippen molar-refractivity contribution in [1.82, 2.24) is 0 Å². The highest BCUT2D eigenvalue weighted by atomic mass is 14.8. The van der Waals surface area contributed by atoms with E-state index in [2.05, 4.69) is 25.1 Å². The second-order valence-corrected chi connectivity index (χ2v) is 4.36. The normalized spacial score (nSPS) is 49.3. The van der Waals surface area contributed by atoms with Crippen LogP contribution in [0.1, 0.15) is 26.7 Å². The van der Waals surface area contributed by atoms with Crippen LogP contribution in [0.25, 0.3) is 0 Å². The third-order valence-electron chi connectivity index (χ3n) is 3.53. The lowest BCUT2D eigenvalue weighted by Crippen LogP contribution is -2.28. The predicted molar refractivity (Wildman–Crippen MR) is 47.9 cm³/mol. The molecule has 1 heteroatoms. The summed E-state index contributed by atoms with van der Waals surface area (Å²) in [5.41, 5.74) is 0. The minimum Gasteiger partial charge on any atom is -0.297 e. The monoisotopic (exact) mass is 151 g/mol. The summed E-state index contributed by atoms with van der Waals surface area (Å²) in [5.74, 6) is 3.58. The smallest absolute Gasteiger partial charge is 0.0420 e. The van der Waals surface area contributed by atoms with Crippen molar-refractivity contribution in [3.8, 4) is 0 Å². The molecule has 0 bridgehead atoms. The standard InChI is InChI=1S/C10H17N/c1-7-3-9-5-11-6-10(9)4-8(7)2/h5,7-10H,3-4,6H2,1-2H3. The van der Waals surface area contributed by atoms with E-state index in [1.165, 1.54) is 12.8 Å². The van der Waals surface area contributed by atoms with E-state index >= 15 is 0 Å². The van der Waals surface area contributed by atoms with Gasteiger partial charge in [-0.1, -0.05) is 13.8 Å². The number of nitrogens with zero attached hydrogens (tertiary/aromatic N) is 1. The first-order valence-corrected chi connectivity index (χ1v) is 4.77. The molecule has 0 N–H and O–H groups in total. The molecule has 0 spiro atoms. The van der Waals surface area contributed by atoms with E-state index in [1.54, 1.807) is 0 Å². The molecule has 1 heterocycles. The van der Waals surface area contributed by atoms with Crippen LogP contribution in [0.4, 0.5) is 0 Å². The lowest BCUT2D eigenvalue weighted by Gasteiger charge is -2.33. The van der Waals surface area contributed by atoms with E-state index in [0.717, 1.165) is 30.2 Å². The van der Waals surface area contributed by atoms with Crippen LogP contribution in [0.5, 0.6) is 0 Å². The maximum Gasteiger partial charge on any atom is 0.0420 e. The molecule has 0 aromatic carbocycles. The van der Waals surface area contributed by atoms with Crippen molar-refractivity contribution in [1.29, 1.82) is 0 Å². The molecular formula is C10H17N. The Morgan fingerprint density at radius 2 is 1.91 bits per heavy atom. The molecule has 0 amide bonds. The van der Waals surface area contributed by atoms with Crippen molar-refractivity contribution < 1.29 is 0 Å². The third-order valence-corrected chi connectivity index (χ3v) is 3.53. The maximum absolute atomic E-state index is 4.37. The summed E-state index contributed by atoms with van der Waals surface area (Å²) in [6.45, 7) is 5.88. The van der Waals surface area contributed by atoms with Gasteiger partial charge < -0.3 is 0 Å². The molecule has 1 aliphatic carbocycles. The molecule has 62 valence electrons. The van der Waals surface area contributed by atoms with Gasteiger partial charge in [0.05, 0.1) is 0 Å². The van der Waals surface area contributed by atoms with Gasteiger partial charge in [0, 0.05) is 12.8 Å². The van der Waals surface area contributed by atoms with Crippen molar-refractivity contribution in [2.45, 2.75) is 26.7 Å². The Morgan fingerprint density at radius 3 is 2.73 bits per heavy atom. The molecule has 1 nitrogen and oxygen atoms in total. The number of hydrogen-bond donors (Lipinski definition) is 0.